The van der Waals surface area contributed by atoms with Crippen LogP contribution in [0, 0.1) is 0 Å². The van der Waals surface area contributed by atoms with Crippen LogP contribution < -0.4 is 34.1 Å². The Bertz CT molecular complexity index is 993. The van der Waals surface area contributed by atoms with Crippen molar-refractivity contribution in [2.45, 2.75) is 19.7 Å². The normalized spacial score (nSPS) is 11.0. The van der Waals surface area contributed by atoms with Crippen molar-refractivity contribution in [3.63, 3.8) is 0 Å². The molecule has 0 bridgehead atoms. The minimum Gasteiger partial charge on any atom is -0.493 e. The third kappa shape index (κ3) is 4.80. The second-order valence-electron chi connectivity index (χ2n) is 7.68. The highest BCUT2D eigenvalue weighted by atomic mass is 28.3. The molecule has 0 radical (unpaired) electrons. The van der Waals surface area contributed by atoms with E-state index in [2.05, 4.69) is 25.2 Å². The van der Waals surface area contributed by atoms with Crippen molar-refractivity contribution in [2.75, 3.05) is 28.4 Å². The molecule has 0 spiro atoms. The van der Waals surface area contributed by atoms with E-state index >= 15 is 0 Å². The topological polar surface area (TPSA) is 46.2 Å². The van der Waals surface area contributed by atoms with Crippen LogP contribution in [-0.4, -0.2) is 36.5 Å². The summed E-state index contributed by atoms with van der Waals surface area (Å²) < 4.78 is 28.3. The standard InChI is InChI=1S/C25H30O5Si/c1-26-21-13-12-19(14-22(21)30-17-18-10-8-7-9-11-18)31(5,6)20-15-23(27-2)25(29-4)24(16-20)28-3/h7-16H,17H2,1-6H3. The van der Waals surface area contributed by atoms with Gasteiger partial charge in [-0.25, -0.2) is 0 Å². The maximum atomic E-state index is 6.14. The highest BCUT2D eigenvalue weighted by Crippen LogP contribution is 2.36. The Hall–Kier alpha value is -3.12. The summed E-state index contributed by atoms with van der Waals surface area (Å²) in [6.45, 7) is 5.06. The fourth-order valence-electron chi connectivity index (χ4n) is 3.52. The van der Waals surface area contributed by atoms with Crippen molar-refractivity contribution in [3.8, 4) is 28.7 Å². The summed E-state index contributed by atoms with van der Waals surface area (Å²) in [5, 5.41) is 2.38. The smallest absolute Gasteiger partial charge is 0.203 e. The molecule has 0 N–H and O–H groups in total. The highest BCUT2D eigenvalue weighted by molar-refractivity contribution is 7.00. The number of hydrogen-bond acceptors (Lipinski definition) is 5. The van der Waals surface area contributed by atoms with Crippen LogP contribution in [0.2, 0.25) is 13.1 Å². The average molecular weight is 439 g/mol. The van der Waals surface area contributed by atoms with Crippen LogP contribution in [0.3, 0.4) is 0 Å². The van der Waals surface area contributed by atoms with Crippen molar-refractivity contribution in [1.82, 2.24) is 0 Å². The fourth-order valence-corrected chi connectivity index (χ4v) is 5.83. The van der Waals surface area contributed by atoms with Crippen LogP contribution in [0.4, 0.5) is 0 Å². The monoisotopic (exact) mass is 438 g/mol. The molecule has 0 fully saturated rings. The van der Waals surface area contributed by atoms with Gasteiger partial charge in [0.2, 0.25) is 5.75 Å². The Labute approximate surface area is 185 Å². The van der Waals surface area contributed by atoms with Crippen LogP contribution in [0.5, 0.6) is 28.7 Å². The number of methoxy groups -OCH3 is 4. The number of benzene rings is 3. The summed E-state index contributed by atoms with van der Waals surface area (Å²) >= 11 is 0. The molecule has 164 valence electrons. The van der Waals surface area contributed by atoms with Crippen molar-refractivity contribution in [3.05, 3.63) is 66.2 Å². The maximum Gasteiger partial charge on any atom is 0.203 e. The Morgan fingerprint density at radius 1 is 0.613 bits per heavy atom. The number of hydrogen-bond donors (Lipinski definition) is 0. The predicted molar refractivity (Wildman–Crippen MR) is 127 cm³/mol. The lowest BCUT2D eigenvalue weighted by Gasteiger charge is -2.26. The molecule has 0 atom stereocenters. The van der Waals surface area contributed by atoms with Gasteiger partial charge < -0.3 is 23.7 Å². The predicted octanol–water partition coefficient (Wildman–Crippen LogP) is 4.12. The molecule has 0 aliphatic carbocycles. The number of rotatable bonds is 9. The Kier molecular flexibility index (Phi) is 7.12. The molecule has 0 saturated heterocycles. The zero-order chi connectivity index (χ0) is 22.4. The minimum atomic E-state index is -2.11. The SMILES string of the molecule is COc1ccc([Si](C)(C)c2cc(OC)c(OC)c(OC)c2)cc1OCc1ccccc1. The van der Waals surface area contributed by atoms with E-state index < -0.39 is 8.07 Å². The van der Waals surface area contributed by atoms with Gasteiger partial charge in [0, 0.05) is 0 Å². The molecular weight excluding hydrogens is 408 g/mol. The van der Waals surface area contributed by atoms with Gasteiger partial charge in [-0.15, -0.1) is 0 Å². The van der Waals surface area contributed by atoms with Gasteiger partial charge in [0.1, 0.15) is 14.7 Å². The van der Waals surface area contributed by atoms with E-state index in [1.807, 2.05) is 48.5 Å². The Morgan fingerprint density at radius 3 is 1.74 bits per heavy atom. The van der Waals surface area contributed by atoms with Gasteiger partial charge in [-0.1, -0.05) is 54.7 Å². The molecule has 0 saturated carbocycles. The summed E-state index contributed by atoms with van der Waals surface area (Å²) in [4.78, 5) is 0. The summed E-state index contributed by atoms with van der Waals surface area (Å²) in [6.07, 6.45) is 0. The average Bonchev–Trinajstić information content (AvgIpc) is 2.81. The molecule has 6 heteroatoms. The van der Waals surface area contributed by atoms with E-state index in [0.717, 1.165) is 17.1 Å². The molecule has 3 aromatic carbocycles. The van der Waals surface area contributed by atoms with Gasteiger partial charge in [0.05, 0.1) is 28.4 Å². The first-order chi connectivity index (χ1) is 14.9. The highest BCUT2D eigenvalue weighted by Gasteiger charge is 2.30. The minimum absolute atomic E-state index is 0.479. The second kappa shape index (κ2) is 9.79. The molecule has 31 heavy (non-hydrogen) atoms. The summed E-state index contributed by atoms with van der Waals surface area (Å²) in [5.41, 5.74) is 1.11. The quantitative estimate of drug-likeness (QED) is 0.470. The van der Waals surface area contributed by atoms with Gasteiger partial charge in [-0.2, -0.15) is 0 Å². The van der Waals surface area contributed by atoms with Crippen LogP contribution in [-0.2, 0) is 6.61 Å². The summed E-state index contributed by atoms with van der Waals surface area (Å²) in [7, 11) is 4.43. The van der Waals surface area contributed by atoms with E-state index in [4.69, 9.17) is 23.7 Å². The molecule has 0 unspecified atom stereocenters. The Balaban J connectivity index is 1.99. The second-order valence-corrected chi connectivity index (χ2v) is 12.1. The van der Waals surface area contributed by atoms with Crippen molar-refractivity contribution in [2.24, 2.45) is 0 Å². The van der Waals surface area contributed by atoms with Gasteiger partial charge in [0.25, 0.3) is 0 Å². The van der Waals surface area contributed by atoms with Gasteiger partial charge in [0.15, 0.2) is 23.0 Å². The van der Waals surface area contributed by atoms with Crippen LogP contribution in [0.1, 0.15) is 5.56 Å². The molecular formula is C25H30O5Si. The molecule has 3 aromatic rings. The van der Waals surface area contributed by atoms with Crippen molar-refractivity contribution >= 4 is 18.4 Å². The molecule has 0 heterocycles. The van der Waals surface area contributed by atoms with Gasteiger partial charge in [-0.05, 0) is 35.0 Å². The summed E-state index contributed by atoms with van der Waals surface area (Å²) in [6, 6.07) is 20.4. The van der Waals surface area contributed by atoms with E-state index in [1.165, 1.54) is 10.4 Å². The molecule has 3 rings (SSSR count). The molecule has 0 aromatic heterocycles. The zero-order valence-electron chi connectivity index (χ0n) is 19.0. The Morgan fingerprint density at radius 2 is 1.19 bits per heavy atom. The first-order valence-corrected chi connectivity index (χ1v) is 13.1. The van der Waals surface area contributed by atoms with Crippen molar-refractivity contribution < 1.29 is 23.7 Å². The lowest BCUT2D eigenvalue weighted by molar-refractivity contribution is 0.285. The third-order valence-corrected chi connectivity index (χ3v) is 9.00. The lowest BCUT2D eigenvalue weighted by atomic mass is 10.2. The fraction of sp³-hybridized carbons (Fsp3) is 0.280. The van der Waals surface area contributed by atoms with Crippen LogP contribution in [0.25, 0.3) is 0 Å². The number of ether oxygens (including phenoxy) is 5. The van der Waals surface area contributed by atoms with E-state index in [1.54, 1.807) is 28.4 Å². The molecule has 0 aliphatic heterocycles. The van der Waals surface area contributed by atoms with Gasteiger partial charge in [-0.3, -0.25) is 0 Å². The first kappa shape index (κ1) is 22.6. The molecule has 0 aliphatic rings. The van der Waals surface area contributed by atoms with Crippen LogP contribution in [0.15, 0.2) is 60.7 Å². The lowest BCUT2D eigenvalue weighted by Crippen LogP contribution is -2.52. The molecule has 0 amide bonds. The van der Waals surface area contributed by atoms with Gasteiger partial charge >= 0.3 is 0 Å². The van der Waals surface area contributed by atoms with E-state index in [0.29, 0.717) is 23.9 Å². The van der Waals surface area contributed by atoms with E-state index in [9.17, 15) is 0 Å². The van der Waals surface area contributed by atoms with E-state index in [-0.39, 0.29) is 0 Å². The molecule has 5 nitrogen and oxygen atoms in total. The maximum absolute atomic E-state index is 6.14. The van der Waals surface area contributed by atoms with Crippen molar-refractivity contribution in [1.29, 1.82) is 0 Å². The zero-order valence-corrected chi connectivity index (χ0v) is 20.0. The van der Waals surface area contributed by atoms with Crippen LogP contribution >= 0.6 is 0 Å². The first-order valence-electron chi connectivity index (χ1n) is 10.1. The summed E-state index contributed by atoms with van der Waals surface area (Å²) in [5.74, 6) is 3.37. The third-order valence-electron chi connectivity index (χ3n) is 5.51. The largest absolute Gasteiger partial charge is 0.493 e.